The standard InChI is InChI=1S/C22H25N3O/c1-18(2)25(16-20-11-7-4-8-12-20)17-21(15-23)22(26)24-14-13-19-9-5-3-6-10-19/h3-12,17-18H,13-14,16H2,1-2H3,(H,24,26)/b21-17-. The molecular weight excluding hydrogens is 322 g/mol. The number of nitriles is 1. The largest absolute Gasteiger partial charge is 0.369 e. The molecule has 1 amide bonds. The summed E-state index contributed by atoms with van der Waals surface area (Å²) in [6.07, 6.45) is 2.40. The monoisotopic (exact) mass is 347 g/mol. The Hall–Kier alpha value is -3.06. The predicted octanol–water partition coefficient (Wildman–Crippen LogP) is 3.66. The number of amides is 1. The molecule has 0 radical (unpaired) electrons. The van der Waals surface area contributed by atoms with Crippen LogP contribution in [0.4, 0.5) is 0 Å². The van der Waals surface area contributed by atoms with Gasteiger partial charge < -0.3 is 10.2 Å². The molecule has 134 valence electrons. The average molecular weight is 347 g/mol. The van der Waals surface area contributed by atoms with Gasteiger partial charge in [-0.2, -0.15) is 5.26 Å². The molecule has 0 saturated heterocycles. The minimum atomic E-state index is -0.331. The van der Waals surface area contributed by atoms with Crippen molar-refractivity contribution < 1.29 is 4.79 Å². The van der Waals surface area contributed by atoms with Crippen LogP contribution in [-0.2, 0) is 17.8 Å². The fourth-order valence-corrected chi connectivity index (χ4v) is 2.54. The Morgan fingerprint density at radius 3 is 2.19 bits per heavy atom. The summed E-state index contributed by atoms with van der Waals surface area (Å²) in [5.41, 5.74) is 2.42. The van der Waals surface area contributed by atoms with Gasteiger partial charge in [-0.3, -0.25) is 4.79 Å². The highest BCUT2D eigenvalue weighted by Gasteiger charge is 2.13. The van der Waals surface area contributed by atoms with Crippen molar-refractivity contribution in [2.45, 2.75) is 32.9 Å². The van der Waals surface area contributed by atoms with Crippen LogP contribution < -0.4 is 5.32 Å². The summed E-state index contributed by atoms with van der Waals surface area (Å²) in [7, 11) is 0. The molecule has 0 aliphatic heterocycles. The molecule has 2 aromatic rings. The minimum absolute atomic E-state index is 0.127. The summed E-state index contributed by atoms with van der Waals surface area (Å²) in [6, 6.07) is 22.2. The van der Waals surface area contributed by atoms with Gasteiger partial charge in [-0.15, -0.1) is 0 Å². The van der Waals surface area contributed by atoms with Crippen LogP contribution in [0.2, 0.25) is 0 Å². The lowest BCUT2D eigenvalue weighted by molar-refractivity contribution is -0.117. The van der Waals surface area contributed by atoms with E-state index in [1.807, 2.05) is 85.5 Å². The van der Waals surface area contributed by atoms with Crippen molar-refractivity contribution in [1.29, 1.82) is 5.26 Å². The Balaban J connectivity index is 1.98. The second kappa shape index (κ2) is 10.0. The molecule has 2 aromatic carbocycles. The Morgan fingerprint density at radius 1 is 1.08 bits per heavy atom. The van der Waals surface area contributed by atoms with Crippen LogP contribution in [0.15, 0.2) is 72.4 Å². The molecule has 0 spiro atoms. The van der Waals surface area contributed by atoms with Crippen LogP contribution >= 0.6 is 0 Å². The van der Waals surface area contributed by atoms with Crippen molar-refractivity contribution in [3.63, 3.8) is 0 Å². The molecule has 2 rings (SSSR count). The van der Waals surface area contributed by atoms with Gasteiger partial charge in [-0.1, -0.05) is 60.7 Å². The zero-order valence-electron chi connectivity index (χ0n) is 15.4. The molecule has 26 heavy (non-hydrogen) atoms. The zero-order valence-corrected chi connectivity index (χ0v) is 15.4. The lowest BCUT2D eigenvalue weighted by atomic mass is 10.1. The van der Waals surface area contributed by atoms with E-state index in [1.54, 1.807) is 6.20 Å². The van der Waals surface area contributed by atoms with Gasteiger partial charge in [0.1, 0.15) is 11.6 Å². The highest BCUT2D eigenvalue weighted by molar-refractivity contribution is 5.97. The first-order valence-corrected chi connectivity index (χ1v) is 8.84. The summed E-state index contributed by atoms with van der Waals surface area (Å²) in [6.45, 7) is 5.24. The SMILES string of the molecule is CC(C)N(/C=C(/C#N)C(=O)NCCc1ccccc1)Cc1ccccc1. The molecule has 0 aromatic heterocycles. The maximum Gasteiger partial charge on any atom is 0.263 e. The van der Waals surface area contributed by atoms with Gasteiger partial charge in [0.05, 0.1) is 0 Å². The fraction of sp³-hybridized carbons (Fsp3) is 0.273. The molecule has 0 aliphatic carbocycles. The molecule has 0 fully saturated rings. The van der Waals surface area contributed by atoms with Gasteiger partial charge >= 0.3 is 0 Å². The van der Waals surface area contributed by atoms with Gasteiger partial charge in [-0.05, 0) is 31.4 Å². The summed E-state index contributed by atoms with van der Waals surface area (Å²) in [4.78, 5) is 14.4. The van der Waals surface area contributed by atoms with Gasteiger partial charge in [0.15, 0.2) is 0 Å². The lowest BCUT2D eigenvalue weighted by Gasteiger charge is -2.25. The Bertz CT molecular complexity index is 761. The van der Waals surface area contributed by atoms with Crippen LogP contribution in [-0.4, -0.2) is 23.4 Å². The maximum atomic E-state index is 12.3. The highest BCUT2D eigenvalue weighted by atomic mass is 16.1. The third-order valence-electron chi connectivity index (χ3n) is 4.07. The number of carbonyl (C=O) groups excluding carboxylic acids is 1. The predicted molar refractivity (Wildman–Crippen MR) is 104 cm³/mol. The van der Waals surface area contributed by atoms with Crippen LogP contribution in [0.1, 0.15) is 25.0 Å². The third kappa shape index (κ3) is 6.10. The van der Waals surface area contributed by atoms with E-state index in [1.165, 1.54) is 0 Å². The summed E-state index contributed by atoms with van der Waals surface area (Å²) in [5.74, 6) is -0.331. The smallest absolute Gasteiger partial charge is 0.263 e. The van der Waals surface area contributed by atoms with Gasteiger partial charge in [0, 0.05) is 25.3 Å². The highest BCUT2D eigenvalue weighted by Crippen LogP contribution is 2.11. The molecule has 4 heteroatoms. The Morgan fingerprint density at radius 2 is 1.65 bits per heavy atom. The van der Waals surface area contributed by atoms with E-state index >= 15 is 0 Å². The molecule has 1 N–H and O–H groups in total. The second-order valence-electron chi connectivity index (χ2n) is 6.40. The summed E-state index contributed by atoms with van der Waals surface area (Å²) in [5, 5.41) is 12.2. The molecule has 0 unspecified atom stereocenters. The van der Waals surface area contributed by atoms with Crippen LogP contribution in [0.3, 0.4) is 0 Å². The minimum Gasteiger partial charge on any atom is -0.369 e. The van der Waals surface area contributed by atoms with E-state index in [0.717, 1.165) is 17.5 Å². The van der Waals surface area contributed by atoms with E-state index in [-0.39, 0.29) is 17.5 Å². The first kappa shape index (κ1) is 19.3. The number of hydrogen-bond acceptors (Lipinski definition) is 3. The molecule has 0 bridgehead atoms. The third-order valence-corrected chi connectivity index (χ3v) is 4.07. The zero-order chi connectivity index (χ0) is 18.8. The maximum absolute atomic E-state index is 12.3. The second-order valence-corrected chi connectivity index (χ2v) is 6.40. The molecular formula is C22H25N3O. The molecule has 0 atom stereocenters. The molecule has 0 saturated carbocycles. The molecule has 0 heterocycles. The van der Waals surface area contributed by atoms with E-state index < -0.39 is 0 Å². The number of rotatable bonds is 8. The summed E-state index contributed by atoms with van der Waals surface area (Å²) >= 11 is 0. The van der Waals surface area contributed by atoms with Crippen molar-refractivity contribution in [1.82, 2.24) is 10.2 Å². The van der Waals surface area contributed by atoms with Crippen molar-refractivity contribution in [3.05, 3.63) is 83.6 Å². The van der Waals surface area contributed by atoms with E-state index in [0.29, 0.717) is 13.1 Å². The lowest BCUT2D eigenvalue weighted by Crippen LogP contribution is -2.30. The van der Waals surface area contributed by atoms with Crippen LogP contribution in [0.5, 0.6) is 0 Å². The quantitative estimate of drug-likeness (QED) is 0.586. The van der Waals surface area contributed by atoms with E-state index in [9.17, 15) is 10.1 Å². The Labute approximate surface area is 155 Å². The first-order chi connectivity index (χ1) is 12.6. The van der Waals surface area contributed by atoms with Crippen molar-refractivity contribution >= 4 is 5.91 Å². The van der Waals surface area contributed by atoms with Crippen LogP contribution in [0, 0.1) is 11.3 Å². The van der Waals surface area contributed by atoms with Crippen molar-refractivity contribution in [2.75, 3.05) is 6.54 Å². The fourth-order valence-electron chi connectivity index (χ4n) is 2.54. The van der Waals surface area contributed by atoms with Crippen molar-refractivity contribution in [2.24, 2.45) is 0 Å². The number of nitrogens with one attached hydrogen (secondary N) is 1. The molecule has 0 aliphatic rings. The average Bonchev–Trinajstić information content (AvgIpc) is 2.66. The topological polar surface area (TPSA) is 56.1 Å². The van der Waals surface area contributed by atoms with Gasteiger partial charge in [-0.25, -0.2) is 0 Å². The number of hydrogen-bond donors (Lipinski definition) is 1. The first-order valence-electron chi connectivity index (χ1n) is 8.84. The van der Waals surface area contributed by atoms with Crippen LogP contribution in [0.25, 0.3) is 0 Å². The van der Waals surface area contributed by atoms with Gasteiger partial charge in [0.25, 0.3) is 5.91 Å². The van der Waals surface area contributed by atoms with E-state index in [4.69, 9.17) is 0 Å². The molecule has 4 nitrogen and oxygen atoms in total. The Kier molecular flexibility index (Phi) is 7.45. The van der Waals surface area contributed by atoms with Gasteiger partial charge in [0.2, 0.25) is 0 Å². The summed E-state index contributed by atoms with van der Waals surface area (Å²) < 4.78 is 0. The normalized spacial score (nSPS) is 11.1. The number of nitrogens with zero attached hydrogens (tertiary/aromatic N) is 2. The van der Waals surface area contributed by atoms with E-state index in [2.05, 4.69) is 5.32 Å². The number of benzene rings is 2. The van der Waals surface area contributed by atoms with Crippen molar-refractivity contribution in [3.8, 4) is 6.07 Å². The number of carbonyl (C=O) groups is 1.